The van der Waals surface area contributed by atoms with Crippen molar-refractivity contribution in [3.05, 3.63) is 68.6 Å². The van der Waals surface area contributed by atoms with Crippen molar-refractivity contribution < 1.29 is 4.79 Å². The standard InChI is InChI=1S/C19H19ClN2O2/c1-12-5-6-15(16(20)7-12)19(24)21-9-13-8-14(11-21)17-3-2-4-18(23)22(17)10-13/h2-7,13-14H,8-11H2,1H3/t13-,14+/m0/s1. The largest absolute Gasteiger partial charge is 0.338 e. The summed E-state index contributed by atoms with van der Waals surface area (Å²) in [5.74, 6) is 0.533. The predicted molar refractivity (Wildman–Crippen MR) is 93.6 cm³/mol. The lowest BCUT2D eigenvalue weighted by molar-refractivity contribution is 0.0595. The molecule has 2 aliphatic rings. The van der Waals surface area contributed by atoms with E-state index in [9.17, 15) is 9.59 Å². The number of aromatic nitrogens is 1. The third kappa shape index (κ3) is 2.55. The number of halogens is 1. The number of amides is 1. The van der Waals surface area contributed by atoms with Crippen LogP contribution in [0.15, 0.2) is 41.2 Å². The van der Waals surface area contributed by atoms with Gasteiger partial charge in [0, 0.05) is 37.3 Å². The summed E-state index contributed by atoms with van der Waals surface area (Å²) in [5, 5.41) is 0.507. The van der Waals surface area contributed by atoms with Crippen molar-refractivity contribution in [1.82, 2.24) is 9.47 Å². The van der Waals surface area contributed by atoms with Gasteiger partial charge in [0.25, 0.3) is 11.5 Å². The molecule has 1 saturated heterocycles. The summed E-state index contributed by atoms with van der Waals surface area (Å²) in [6.07, 6.45) is 1.04. The zero-order valence-corrected chi connectivity index (χ0v) is 14.3. The molecule has 2 atom stereocenters. The molecule has 1 fully saturated rings. The highest BCUT2D eigenvalue weighted by atomic mass is 35.5. The van der Waals surface area contributed by atoms with Crippen LogP contribution in [0, 0.1) is 12.8 Å². The van der Waals surface area contributed by atoms with Gasteiger partial charge in [0.2, 0.25) is 0 Å². The molecule has 2 aromatic rings. The fraction of sp³-hybridized carbons (Fsp3) is 0.368. The molecule has 0 saturated carbocycles. The first-order valence-corrected chi connectivity index (χ1v) is 8.66. The van der Waals surface area contributed by atoms with Crippen molar-refractivity contribution in [2.75, 3.05) is 13.1 Å². The average molecular weight is 343 g/mol. The Morgan fingerprint density at radius 1 is 1.17 bits per heavy atom. The van der Waals surface area contributed by atoms with Gasteiger partial charge in [-0.05, 0) is 43.0 Å². The number of rotatable bonds is 1. The van der Waals surface area contributed by atoms with Gasteiger partial charge in [-0.1, -0.05) is 23.7 Å². The quantitative estimate of drug-likeness (QED) is 0.799. The number of likely N-dealkylation sites (tertiary alicyclic amines) is 1. The van der Waals surface area contributed by atoms with E-state index in [0.29, 0.717) is 36.1 Å². The Hall–Kier alpha value is -2.07. The van der Waals surface area contributed by atoms with Gasteiger partial charge in [0.05, 0.1) is 10.6 Å². The van der Waals surface area contributed by atoms with Gasteiger partial charge in [0.15, 0.2) is 0 Å². The highest BCUT2D eigenvalue weighted by Crippen LogP contribution is 2.35. The van der Waals surface area contributed by atoms with Gasteiger partial charge in [-0.3, -0.25) is 9.59 Å². The van der Waals surface area contributed by atoms with Crippen molar-refractivity contribution in [1.29, 1.82) is 0 Å². The number of pyridine rings is 1. The van der Waals surface area contributed by atoms with Crippen molar-refractivity contribution in [3.8, 4) is 0 Å². The van der Waals surface area contributed by atoms with Crippen LogP contribution in [-0.4, -0.2) is 28.5 Å². The number of carbonyl (C=O) groups excluding carboxylic acids is 1. The van der Waals surface area contributed by atoms with E-state index in [1.807, 2.05) is 46.7 Å². The number of carbonyl (C=O) groups is 1. The second-order valence-electron chi connectivity index (χ2n) is 6.89. The Balaban J connectivity index is 1.64. The molecule has 5 heteroatoms. The number of hydrogen-bond acceptors (Lipinski definition) is 2. The molecule has 1 aromatic heterocycles. The van der Waals surface area contributed by atoms with E-state index in [1.165, 1.54) is 0 Å². The number of nitrogens with zero attached hydrogens (tertiary/aromatic N) is 2. The van der Waals surface area contributed by atoms with Gasteiger partial charge in [-0.2, -0.15) is 0 Å². The van der Waals surface area contributed by atoms with E-state index in [4.69, 9.17) is 11.6 Å². The molecule has 1 amide bonds. The Bertz CT molecular complexity index is 874. The molecule has 0 aliphatic carbocycles. The maximum absolute atomic E-state index is 12.9. The summed E-state index contributed by atoms with van der Waals surface area (Å²) in [6, 6.07) is 11.0. The maximum atomic E-state index is 12.9. The normalized spacial score (nSPS) is 22.2. The monoisotopic (exact) mass is 342 g/mol. The first-order valence-electron chi connectivity index (χ1n) is 8.28. The van der Waals surface area contributed by atoms with E-state index in [2.05, 4.69) is 0 Å². The lowest BCUT2D eigenvalue weighted by Crippen LogP contribution is -2.49. The maximum Gasteiger partial charge on any atom is 0.255 e. The number of benzene rings is 1. The predicted octanol–water partition coefficient (Wildman–Crippen LogP) is 3.07. The van der Waals surface area contributed by atoms with E-state index in [-0.39, 0.29) is 17.4 Å². The van der Waals surface area contributed by atoms with Gasteiger partial charge in [0.1, 0.15) is 0 Å². The second kappa shape index (κ2) is 5.78. The lowest BCUT2D eigenvalue weighted by Gasteiger charge is -2.42. The summed E-state index contributed by atoms with van der Waals surface area (Å²) in [5.41, 5.74) is 2.71. The minimum atomic E-state index is -0.0126. The van der Waals surface area contributed by atoms with Crippen LogP contribution in [-0.2, 0) is 6.54 Å². The van der Waals surface area contributed by atoms with Gasteiger partial charge in [-0.25, -0.2) is 0 Å². The molecule has 0 unspecified atom stereocenters. The number of aryl methyl sites for hydroxylation is 1. The number of hydrogen-bond donors (Lipinski definition) is 0. The molecule has 2 aliphatic heterocycles. The number of fused-ring (bicyclic) bond motifs is 4. The Labute approximate surface area is 145 Å². The zero-order valence-electron chi connectivity index (χ0n) is 13.5. The topological polar surface area (TPSA) is 42.3 Å². The second-order valence-corrected chi connectivity index (χ2v) is 7.30. The molecule has 4 rings (SSSR count). The molecule has 0 N–H and O–H groups in total. The van der Waals surface area contributed by atoms with Crippen molar-refractivity contribution >= 4 is 17.5 Å². The van der Waals surface area contributed by atoms with Gasteiger partial charge in [-0.15, -0.1) is 0 Å². The van der Waals surface area contributed by atoms with E-state index in [1.54, 1.807) is 6.07 Å². The molecule has 2 bridgehead atoms. The third-order valence-electron chi connectivity index (χ3n) is 5.12. The Kier molecular flexibility index (Phi) is 3.72. The van der Waals surface area contributed by atoms with Crippen LogP contribution < -0.4 is 5.56 Å². The summed E-state index contributed by atoms with van der Waals surface area (Å²) < 4.78 is 1.87. The molecule has 0 spiro atoms. The minimum absolute atomic E-state index is 0.0126. The molecule has 1 aromatic carbocycles. The zero-order chi connectivity index (χ0) is 16.8. The highest BCUT2D eigenvalue weighted by Gasteiger charge is 2.36. The van der Waals surface area contributed by atoms with Crippen LogP contribution in [0.4, 0.5) is 0 Å². The summed E-state index contributed by atoms with van der Waals surface area (Å²) in [7, 11) is 0. The van der Waals surface area contributed by atoms with Crippen LogP contribution >= 0.6 is 11.6 Å². The van der Waals surface area contributed by atoms with E-state index >= 15 is 0 Å². The Morgan fingerprint density at radius 3 is 2.79 bits per heavy atom. The molecule has 0 radical (unpaired) electrons. The van der Waals surface area contributed by atoms with Crippen LogP contribution in [0.2, 0.25) is 5.02 Å². The van der Waals surface area contributed by atoms with Crippen molar-refractivity contribution in [2.45, 2.75) is 25.8 Å². The third-order valence-corrected chi connectivity index (χ3v) is 5.43. The van der Waals surface area contributed by atoms with Crippen molar-refractivity contribution in [3.63, 3.8) is 0 Å². The molecule has 3 heterocycles. The van der Waals surface area contributed by atoms with E-state index in [0.717, 1.165) is 17.7 Å². The number of piperidine rings is 1. The lowest BCUT2D eigenvalue weighted by atomic mass is 9.83. The van der Waals surface area contributed by atoms with Gasteiger partial charge < -0.3 is 9.47 Å². The first-order chi connectivity index (χ1) is 11.5. The van der Waals surface area contributed by atoms with Crippen LogP contribution in [0.1, 0.15) is 34.0 Å². The fourth-order valence-electron chi connectivity index (χ4n) is 4.03. The molecule has 24 heavy (non-hydrogen) atoms. The van der Waals surface area contributed by atoms with Crippen LogP contribution in [0.3, 0.4) is 0 Å². The Morgan fingerprint density at radius 2 is 2.00 bits per heavy atom. The molecular formula is C19H19ClN2O2. The van der Waals surface area contributed by atoms with E-state index < -0.39 is 0 Å². The SMILES string of the molecule is Cc1ccc(C(=O)N2C[C@@H]3C[C@H](C2)c2cccc(=O)n2C3)c(Cl)c1. The minimum Gasteiger partial charge on any atom is -0.338 e. The van der Waals surface area contributed by atoms with Crippen molar-refractivity contribution in [2.24, 2.45) is 5.92 Å². The summed E-state index contributed by atoms with van der Waals surface area (Å²) >= 11 is 6.27. The van der Waals surface area contributed by atoms with Crippen LogP contribution in [0.5, 0.6) is 0 Å². The molecule has 124 valence electrons. The molecular weight excluding hydrogens is 324 g/mol. The summed E-state index contributed by atoms with van der Waals surface area (Å²) in [4.78, 5) is 26.9. The first kappa shape index (κ1) is 15.5. The smallest absolute Gasteiger partial charge is 0.255 e. The summed E-state index contributed by atoms with van der Waals surface area (Å²) in [6.45, 7) is 3.97. The fourth-order valence-corrected chi connectivity index (χ4v) is 4.34. The van der Waals surface area contributed by atoms with Gasteiger partial charge >= 0.3 is 0 Å². The highest BCUT2D eigenvalue weighted by molar-refractivity contribution is 6.33. The van der Waals surface area contributed by atoms with Crippen LogP contribution in [0.25, 0.3) is 0 Å². The average Bonchev–Trinajstić information content (AvgIpc) is 2.55. The molecule has 4 nitrogen and oxygen atoms in total.